The SMILES string of the molecule is CCOCc1cc(N)c2[nH]c(-c3ccccc3)c(-c3nccn3C(=O)OCC)c2c1. The van der Waals surface area contributed by atoms with E-state index in [1.54, 1.807) is 19.3 Å². The molecular formula is C23H24N4O3. The van der Waals surface area contributed by atoms with Crippen LogP contribution >= 0.6 is 0 Å². The molecule has 4 rings (SSSR count). The number of hydrogen-bond donors (Lipinski definition) is 2. The monoisotopic (exact) mass is 404 g/mol. The zero-order chi connectivity index (χ0) is 21.1. The van der Waals surface area contributed by atoms with E-state index in [0.29, 0.717) is 24.7 Å². The van der Waals surface area contributed by atoms with Crippen LogP contribution in [0.1, 0.15) is 19.4 Å². The summed E-state index contributed by atoms with van der Waals surface area (Å²) < 4.78 is 12.2. The van der Waals surface area contributed by atoms with Gasteiger partial charge in [0.2, 0.25) is 0 Å². The van der Waals surface area contributed by atoms with Crippen LogP contribution in [0.4, 0.5) is 10.5 Å². The number of aromatic amines is 1. The molecule has 0 amide bonds. The number of imidazole rings is 1. The van der Waals surface area contributed by atoms with Gasteiger partial charge in [0.05, 0.1) is 35.7 Å². The number of rotatable bonds is 6. The molecule has 2 aromatic carbocycles. The van der Waals surface area contributed by atoms with Crippen LogP contribution in [0.15, 0.2) is 54.9 Å². The molecule has 0 bridgehead atoms. The van der Waals surface area contributed by atoms with E-state index < -0.39 is 6.09 Å². The number of anilines is 1. The summed E-state index contributed by atoms with van der Waals surface area (Å²) >= 11 is 0. The maximum Gasteiger partial charge on any atom is 0.419 e. The van der Waals surface area contributed by atoms with Gasteiger partial charge < -0.3 is 20.2 Å². The number of nitrogens with one attached hydrogen (secondary N) is 1. The summed E-state index contributed by atoms with van der Waals surface area (Å²) in [4.78, 5) is 20.5. The summed E-state index contributed by atoms with van der Waals surface area (Å²) in [5, 5.41) is 0.875. The molecule has 0 saturated heterocycles. The van der Waals surface area contributed by atoms with Crippen LogP contribution < -0.4 is 5.73 Å². The normalized spacial score (nSPS) is 11.1. The van der Waals surface area contributed by atoms with E-state index in [4.69, 9.17) is 15.2 Å². The lowest BCUT2D eigenvalue weighted by Crippen LogP contribution is -2.14. The van der Waals surface area contributed by atoms with Crippen molar-refractivity contribution in [3.05, 3.63) is 60.4 Å². The molecule has 0 saturated carbocycles. The minimum absolute atomic E-state index is 0.279. The van der Waals surface area contributed by atoms with Crippen molar-refractivity contribution >= 4 is 22.7 Å². The molecule has 7 nitrogen and oxygen atoms in total. The maximum absolute atomic E-state index is 12.5. The number of carbonyl (C=O) groups excluding carboxylic acids is 1. The Morgan fingerprint density at radius 1 is 1.17 bits per heavy atom. The molecule has 3 N–H and O–H groups in total. The first-order valence-corrected chi connectivity index (χ1v) is 9.92. The summed E-state index contributed by atoms with van der Waals surface area (Å²) in [6.07, 6.45) is 2.72. The lowest BCUT2D eigenvalue weighted by molar-refractivity contribution is 0.134. The smallest absolute Gasteiger partial charge is 0.419 e. The van der Waals surface area contributed by atoms with Crippen molar-refractivity contribution in [1.29, 1.82) is 0 Å². The number of aromatic nitrogens is 3. The summed E-state index contributed by atoms with van der Waals surface area (Å²) in [5.74, 6) is 0.492. The van der Waals surface area contributed by atoms with Crippen molar-refractivity contribution in [3.8, 4) is 22.6 Å². The highest BCUT2D eigenvalue weighted by atomic mass is 16.5. The Balaban J connectivity index is 1.99. The van der Waals surface area contributed by atoms with Gasteiger partial charge in [-0.3, -0.25) is 0 Å². The predicted molar refractivity (Wildman–Crippen MR) is 117 cm³/mol. The molecule has 4 aromatic rings. The molecule has 0 atom stereocenters. The molecule has 2 aromatic heterocycles. The summed E-state index contributed by atoms with van der Waals surface area (Å²) in [6, 6.07) is 13.8. The summed E-state index contributed by atoms with van der Waals surface area (Å²) in [5.41, 5.74) is 11.3. The minimum atomic E-state index is -0.475. The van der Waals surface area contributed by atoms with Gasteiger partial charge in [0.1, 0.15) is 0 Å². The van der Waals surface area contributed by atoms with Crippen LogP contribution in [-0.4, -0.2) is 33.8 Å². The largest absolute Gasteiger partial charge is 0.449 e. The third-order valence-electron chi connectivity index (χ3n) is 4.86. The highest BCUT2D eigenvalue weighted by molar-refractivity contribution is 6.07. The maximum atomic E-state index is 12.5. The van der Waals surface area contributed by atoms with Gasteiger partial charge in [-0.2, -0.15) is 0 Å². The second-order valence-electron chi connectivity index (χ2n) is 6.81. The Kier molecular flexibility index (Phi) is 5.54. The second-order valence-corrected chi connectivity index (χ2v) is 6.81. The third kappa shape index (κ3) is 3.55. The molecule has 7 heteroatoms. The van der Waals surface area contributed by atoms with E-state index in [2.05, 4.69) is 9.97 Å². The molecule has 30 heavy (non-hydrogen) atoms. The van der Waals surface area contributed by atoms with Crippen LogP contribution in [0.25, 0.3) is 33.5 Å². The lowest BCUT2D eigenvalue weighted by atomic mass is 10.0. The summed E-state index contributed by atoms with van der Waals surface area (Å²) in [6.45, 7) is 5.07. The summed E-state index contributed by atoms with van der Waals surface area (Å²) in [7, 11) is 0. The highest BCUT2D eigenvalue weighted by Gasteiger charge is 2.23. The lowest BCUT2D eigenvalue weighted by Gasteiger charge is -2.09. The standard InChI is InChI=1S/C23H24N4O3/c1-3-29-14-15-12-17-19(22-25-10-11-27(22)23(28)30-4-2)20(16-8-6-5-7-9-16)26-21(17)18(24)13-15/h5-13,26H,3-4,14,24H2,1-2H3. The molecule has 0 fully saturated rings. The minimum Gasteiger partial charge on any atom is -0.449 e. The van der Waals surface area contributed by atoms with Gasteiger partial charge in [0.25, 0.3) is 0 Å². The van der Waals surface area contributed by atoms with Crippen molar-refractivity contribution in [3.63, 3.8) is 0 Å². The number of nitrogen functional groups attached to an aromatic ring is 1. The average molecular weight is 404 g/mol. The van der Waals surface area contributed by atoms with Crippen LogP contribution in [0, 0.1) is 0 Å². The Labute approximate surface area is 174 Å². The van der Waals surface area contributed by atoms with Crippen molar-refractivity contribution in [2.75, 3.05) is 18.9 Å². The van der Waals surface area contributed by atoms with Gasteiger partial charge in [-0.1, -0.05) is 30.3 Å². The first kappa shape index (κ1) is 19.7. The van der Waals surface area contributed by atoms with Gasteiger partial charge >= 0.3 is 6.09 Å². The van der Waals surface area contributed by atoms with Crippen molar-refractivity contribution in [2.24, 2.45) is 0 Å². The van der Waals surface area contributed by atoms with E-state index in [1.165, 1.54) is 4.57 Å². The number of H-pyrrole nitrogens is 1. The number of fused-ring (bicyclic) bond motifs is 1. The molecule has 0 aliphatic heterocycles. The molecule has 154 valence electrons. The van der Waals surface area contributed by atoms with Crippen LogP contribution in [0.2, 0.25) is 0 Å². The van der Waals surface area contributed by atoms with E-state index in [0.717, 1.165) is 33.3 Å². The van der Waals surface area contributed by atoms with Gasteiger partial charge in [-0.15, -0.1) is 0 Å². The van der Waals surface area contributed by atoms with E-state index in [9.17, 15) is 4.79 Å². The number of nitrogens with two attached hydrogens (primary N) is 1. The number of ether oxygens (including phenoxy) is 2. The zero-order valence-corrected chi connectivity index (χ0v) is 17.0. The van der Waals surface area contributed by atoms with Gasteiger partial charge in [-0.05, 0) is 37.1 Å². The molecule has 0 radical (unpaired) electrons. The second kappa shape index (κ2) is 8.42. The van der Waals surface area contributed by atoms with E-state index >= 15 is 0 Å². The fourth-order valence-electron chi connectivity index (χ4n) is 3.57. The van der Waals surface area contributed by atoms with Crippen LogP contribution in [0.5, 0.6) is 0 Å². The fraction of sp³-hybridized carbons (Fsp3) is 0.217. The Morgan fingerprint density at radius 2 is 1.97 bits per heavy atom. The quantitative estimate of drug-likeness (QED) is 0.449. The number of carbonyl (C=O) groups is 1. The Hall–Kier alpha value is -3.58. The first-order chi connectivity index (χ1) is 14.6. The molecule has 2 heterocycles. The topological polar surface area (TPSA) is 95.2 Å². The molecule has 0 aliphatic rings. The van der Waals surface area contributed by atoms with Crippen LogP contribution in [-0.2, 0) is 16.1 Å². The zero-order valence-electron chi connectivity index (χ0n) is 17.0. The van der Waals surface area contributed by atoms with Crippen molar-refractivity contribution in [2.45, 2.75) is 20.5 Å². The van der Waals surface area contributed by atoms with Gasteiger partial charge in [0, 0.05) is 24.4 Å². The van der Waals surface area contributed by atoms with E-state index in [1.807, 2.05) is 49.4 Å². The van der Waals surface area contributed by atoms with Crippen molar-refractivity contribution in [1.82, 2.24) is 14.5 Å². The van der Waals surface area contributed by atoms with Crippen LogP contribution in [0.3, 0.4) is 0 Å². The molecule has 0 aliphatic carbocycles. The number of benzene rings is 2. The van der Waals surface area contributed by atoms with Gasteiger partial charge in [0.15, 0.2) is 5.82 Å². The predicted octanol–water partition coefficient (Wildman–Crippen LogP) is 4.82. The fourth-order valence-corrected chi connectivity index (χ4v) is 3.57. The number of nitrogens with zero attached hydrogens (tertiary/aromatic N) is 2. The van der Waals surface area contributed by atoms with Crippen molar-refractivity contribution < 1.29 is 14.3 Å². The Morgan fingerprint density at radius 3 is 2.70 bits per heavy atom. The number of hydrogen-bond acceptors (Lipinski definition) is 5. The molecule has 0 spiro atoms. The van der Waals surface area contributed by atoms with Gasteiger partial charge in [-0.25, -0.2) is 14.3 Å². The molecule has 0 unspecified atom stereocenters. The third-order valence-corrected chi connectivity index (χ3v) is 4.86. The first-order valence-electron chi connectivity index (χ1n) is 9.92. The Bertz CT molecular complexity index is 1180. The van der Waals surface area contributed by atoms with E-state index in [-0.39, 0.29) is 6.61 Å². The average Bonchev–Trinajstić information content (AvgIpc) is 3.38. The highest BCUT2D eigenvalue weighted by Crippen LogP contribution is 2.40. The molecular weight excluding hydrogens is 380 g/mol.